The minimum atomic E-state index is 0.485. The van der Waals surface area contributed by atoms with Gasteiger partial charge in [-0.05, 0) is 39.0 Å². The van der Waals surface area contributed by atoms with Gasteiger partial charge >= 0.3 is 0 Å². The number of ether oxygens (including phenoxy) is 1. The molecule has 0 radical (unpaired) electrons. The molecule has 0 unspecified atom stereocenters. The van der Waals surface area contributed by atoms with Crippen molar-refractivity contribution in [3.63, 3.8) is 0 Å². The van der Waals surface area contributed by atoms with E-state index in [1.165, 1.54) is 5.56 Å². The van der Waals surface area contributed by atoms with Gasteiger partial charge in [0.05, 0.1) is 7.11 Å². The van der Waals surface area contributed by atoms with E-state index in [4.69, 9.17) is 10.5 Å². The smallest absolute Gasteiger partial charge is 0.123 e. The highest BCUT2D eigenvalue weighted by Gasteiger charge is 2.07. The maximum Gasteiger partial charge on any atom is 0.123 e. The summed E-state index contributed by atoms with van der Waals surface area (Å²) in [5, 5.41) is 4.19. The minimum Gasteiger partial charge on any atom is -0.496 e. The van der Waals surface area contributed by atoms with Gasteiger partial charge in [0, 0.05) is 27.5 Å². The maximum atomic E-state index is 5.70. The predicted octanol–water partition coefficient (Wildman–Crippen LogP) is 3.64. The van der Waals surface area contributed by atoms with E-state index in [1.54, 1.807) is 18.4 Å². The summed E-state index contributed by atoms with van der Waals surface area (Å²) in [6, 6.07) is 6.08. The molecule has 1 aromatic heterocycles. The summed E-state index contributed by atoms with van der Waals surface area (Å²) < 4.78 is 6.37. The number of thiophene rings is 1. The molecule has 0 aliphatic carbocycles. The van der Waals surface area contributed by atoms with Gasteiger partial charge in [0.1, 0.15) is 5.75 Å². The molecule has 0 bridgehead atoms. The minimum absolute atomic E-state index is 0.485. The lowest BCUT2D eigenvalue weighted by Gasteiger charge is -2.08. The van der Waals surface area contributed by atoms with Crippen LogP contribution in [0.15, 0.2) is 33.4 Å². The van der Waals surface area contributed by atoms with Gasteiger partial charge in [0.2, 0.25) is 0 Å². The number of halogens is 1. The second-order valence-corrected chi connectivity index (χ2v) is 4.96. The number of methoxy groups -OCH3 is 1. The molecule has 2 N–H and O–H groups in total. The summed E-state index contributed by atoms with van der Waals surface area (Å²) in [6.45, 7) is 0.485. The third-order valence-electron chi connectivity index (χ3n) is 2.43. The Morgan fingerprint density at radius 3 is 2.75 bits per heavy atom. The van der Waals surface area contributed by atoms with Crippen LogP contribution in [-0.2, 0) is 6.54 Å². The Bertz CT molecular complexity index is 496. The van der Waals surface area contributed by atoms with Crippen LogP contribution in [0.25, 0.3) is 11.1 Å². The van der Waals surface area contributed by atoms with E-state index in [-0.39, 0.29) is 0 Å². The lowest BCUT2D eigenvalue weighted by molar-refractivity contribution is 0.410. The average molecular weight is 298 g/mol. The molecule has 0 atom stereocenters. The molecule has 1 aromatic carbocycles. The Hall–Kier alpha value is -0.840. The first-order valence-electron chi connectivity index (χ1n) is 4.85. The third-order valence-corrected chi connectivity index (χ3v) is 4.13. The lowest BCUT2D eigenvalue weighted by Crippen LogP contribution is -1.99. The molecule has 2 aromatic rings. The van der Waals surface area contributed by atoms with Gasteiger partial charge in [0.15, 0.2) is 0 Å². The first kappa shape index (κ1) is 11.6. The van der Waals surface area contributed by atoms with E-state index in [2.05, 4.69) is 32.8 Å². The van der Waals surface area contributed by atoms with Crippen LogP contribution in [0.2, 0.25) is 0 Å². The summed E-state index contributed by atoms with van der Waals surface area (Å²) in [5.41, 5.74) is 9.08. The van der Waals surface area contributed by atoms with Crippen molar-refractivity contribution < 1.29 is 4.74 Å². The van der Waals surface area contributed by atoms with Crippen LogP contribution in [0.3, 0.4) is 0 Å². The summed E-state index contributed by atoms with van der Waals surface area (Å²) in [4.78, 5) is 0. The van der Waals surface area contributed by atoms with Gasteiger partial charge in [-0.2, -0.15) is 11.3 Å². The van der Waals surface area contributed by atoms with Crippen molar-refractivity contribution in [3.8, 4) is 16.9 Å². The van der Waals surface area contributed by atoms with Gasteiger partial charge in [-0.25, -0.2) is 0 Å². The molecule has 0 aliphatic rings. The topological polar surface area (TPSA) is 35.2 Å². The normalized spacial score (nSPS) is 10.4. The largest absolute Gasteiger partial charge is 0.496 e. The molecule has 84 valence electrons. The summed E-state index contributed by atoms with van der Waals surface area (Å²) in [6.07, 6.45) is 0. The molecule has 0 saturated carbocycles. The molecule has 0 aliphatic heterocycles. The van der Waals surface area contributed by atoms with Crippen molar-refractivity contribution in [3.05, 3.63) is 39.0 Å². The second kappa shape index (κ2) is 4.99. The van der Waals surface area contributed by atoms with Crippen molar-refractivity contribution in [1.82, 2.24) is 0 Å². The van der Waals surface area contributed by atoms with E-state index in [0.717, 1.165) is 21.3 Å². The molecule has 0 saturated heterocycles. The molecule has 2 rings (SSSR count). The third kappa shape index (κ3) is 2.14. The van der Waals surface area contributed by atoms with Crippen LogP contribution in [0.4, 0.5) is 0 Å². The average Bonchev–Trinajstić information content (AvgIpc) is 2.74. The number of benzene rings is 1. The SMILES string of the molecule is COc1ccc(-c2cscc2Br)cc1CN. The number of rotatable bonds is 3. The lowest BCUT2D eigenvalue weighted by atomic mass is 10.1. The van der Waals surface area contributed by atoms with Gasteiger partial charge in [-0.15, -0.1) is 0 Å². The number of hydrogen-bond donors (Lipinski definition) is 1. The van der Waals surface area contributed by atoms with Crippen molar-refractivity contribution in [2.24, 2.45) is 5.73 Å². The van der Waals surface area contributed by atoms with Crippen LogP contribution in [0.1, 0.15) is 5.56 Å². The van der Waals surface area contributed by atoms with E-state index >= 15 is 0 Å². The van der Waals surface area contributed by atoms with Crippen molar-refractivity contribution in [2.45, 2.75) is 6.54 Å². The summed E-state index contributed by atoms with van der Waals surface area (Å²) in [7, 11) is 1.66. The van der Waals surface area contributed by atoms with E-state index in [1.807, 2.05) is 12.1 Å². The number of hydrogen-bond acceptors (Lipinski definition) is 3. The monoisotopic (exact) mass is 297 g/mol. The van der Waals surface area contributed by atoms with Crippen molar-refractivity contribution >= 4 is 27.3 Å². The first-order valence-corrected chi connectivity index (χ1v) is 6.59. The van der Waals surface area contributed by atoms with Crippen LogP contribution in [0, 0.1) is 0 Å². The Kier molecular flexibility index (Phi) is 3.63. The molecule has 0 amide bonds. The predicted molar refractivity (Wildman–Crippen MR) is 71.9 cm³/mol. The van der Waals surface area contributed by atoms with Crippen molar-refractivity contribution in [1.29, 1.82) is 0 Å². The van der Waals surface area contributed by atoms with E-state index in [0.29, 0.717) is 6.54 Å². The van der Waals surface area contributed by atoms with Gasteiger partial charge in [0.25, 0.3) is 0 Å². The van der Waals surface area contributed by atoms with Crippen LogP contribution in [0.5, 0.6) is 5.75 Å². The Balaban J connectivity index is 2.48. The molecule has 0 spiro atoms. The molecule has 4 heteroatoms. The fourth-order valence-electron chi connectivity index (χ4n) is 1.59. The van der Waals surface area contributed by atoms with E-state index < -0.39 is 0 Å². The Morgan fingerprint density at radius 1 is 1.38 bits per heavy atom. The van der Waals surface area contributed by atoms with E-state index in [9.17, 15) is 0 Å². The van der Waals surface area contributed by atoms with Crippen LogP contribution in [-0.4, -0.2) is 7.11 Å². The highest BCUT2D eigenvalue weighted by molar-refractivity contribution is 9.10. The molecule has 2 nitrogen and oxygen atoms in total. The highest BCUT2D eigenvalue weighted by atomic mass is 79.9. The standard InChI is InChI=1S/C12H12BrNOS/c1-15-12-3-2-8(4-9(12)5-14)10-6-16-7-11(10)13/h2-4,6-7H,5,14H2,1H3. The van der Waals surface area contributed by atoms with Crippen molar-refractivity contribution in [2.75, 3.05) is 7.11 Å². The quantitative estimate of drug-likeness (QED) is 0.939. The first-order chi connectivity index (χ1) is 7.76. The molecule has 0 fully saturated rings. The molecular weight excluding hydrogens is 286 g/mol. The summed E-state index contributed by atoms with van der Waals surface area (Å²) in [5.74, 6) is 0.845. The summed E-state index contributed by atoms with van der Waals surface area (Å²) >= 11 is 5.21. The Morgan fingerprint density at radius 2 is 2.19 bits per heavy atom. The van der Waals surface area contributed by atoms with Crippen LogP contribution < -0.4 is 10.5 Å². The maximum absolute atomic E-state index is 5.70. The molecule has 1 heterocycles. The van der Waals surface area contributed by atoms with Crippen LogP contribution >= 0.6 is 27.3 Å². The second-order valence-electron chi connectivity index (χ2n) is 3.36. The fourth-order valence-corrected chi connectivity index (χ4v) is 3.13. The molecular formula is C12H12BrNOS. The zero-order valence-corrected chi connectivity index (χ0v) is 11.3. The van der Waals surface area contributed by atoms with Gasteiger partial charge in [-0.1, -0.05) is 6.07 Å². The number of nitrogens with two attached hydrogens (primary N) is 1. The Labute approximate surface area is 107 Å². The molecule has 16 heavy (non-hydrogen) atoms. The fraction of sp³-hybridized carbons (Fsp3) is 0.167. The van der Waals surface area contributed by atoms with Gasteiger partial charge < -0.3 is 10.5 Å². The zero-order chi connectivity index (χ0) is 11.5. The zero-order valence-electron chi connectivity index (χ0n) is 8.87. The van der Waals surface area contributed by atoms with Gasteiger partial charge in [-0.3, -0.25) is 0 Å². The highest BCUT2D eigenvalue weighted by Crippen LogP contribution is 2.33.